The Bertz CT molecular complexity index is 428. The van der Waals surface area contributed by atoms with E-state index < -0.39 is 41.6 Å². The number of esters is 3. The van der Waals surface area contributed by atoms with E-state index in [0.717, 1.165) is 7.11 Å². The van der Waals surface area contributed by atoms with Crippen molar-refractivity contribution >= 4 is 23.7 Å². The van der Waals surface area contributed by atoms with Crippen LogP contribution in [-0.2, 0) is 33.4 Å². The molecule has 0 aromatic rings. The maximum Gasteiger partial charge on any atom is 0.310 e. The van der Waals surface area contributed by atoms with E-state index in [9.17, 15) is 19.2 Å². The third kappa shape index (κ3) is 2.81. The zero-order valence-electron chi connectivity index (χ0n) is 11.9. The predicted octanol–water partition coefficient (Wildman–Crippen LogP) is -0.0371. The first-order valence-electron chi connectivity index (χ1n) is 6.12. The molecular weight excluding hydrogens is 268 g/mol. The Morgan fingerprint density at radius 3 is 1.50 bits per heavy atom. The fourth-order valence-corrected chi connectivity index (χ4v) is 2.77. The van der Waals surface area contributed by atoms with Gasteiger partial charge in [0.1, 0.15) is 5.78 Å². The smallest absolute Gasteiger partial charge is 0.310 e. The zero-order chi connectivity index (χ0) is 15.4. The highest BCUT2D eigenvalue weighted by Gasteiger charge is 2.56. The molecular formula is C13H18O7. The third-order valence-corrected chi connectivity index (χ3v) is 3.73. The summed E-state index contributed by atoms with van der Waals surface area (Å²) < 4.78 is 13.9. The quantitative estimate of drug-likeness (QED) is 0.528. The summed E-state index contributed by atoms with van der Waals surface area (Å²) in [7, 11) is 3.51. The van der Waals surface area contributed by atoms with Gasteiger partial charge in [0.25, 0.3) is 0 Å². The number of hydrogen-bond donors (Lipinski definition) is 0. The molecule has 0 N–H and O–H groups in total. The number of ketones is 1. The topological polar surface area (TPSA) is 96.0 Å². The molecule has 4 atom stereocenters. The zero-order valence-corrected chi connectivity index (χ0v) is 11.9. The van der Waals surface area contributed by atoms with E-state index in [4.69, 9.17) is 0 Å². The molecule has 0 bridgehead atoms. The van der Waals surface area contributed by atoms with Gasteiger partial charge in [-0.3, -0.25) is 19.2 Å². The van der Waals surface area contributed by atoms with Crippen LogP contribution in [0.4, 0.5) is 0 Å². The van der Waals surface area contributed by atoms with Gasteiger partial charge in [-0.15, -0.1) is 0 Å². The minimum absolute atomic E-state index is 0.0710. The van der Waals surface area contributed by atoms with E-state index in [1.54, 1.807) is 0 Å². The van der Waals surface area contributed by atoms with E-state index in [1.807, 2.05) is 0 Å². The molecule has 1 fully saturated rings. The number of carbonyl (C=O) groups is 4. The Labute approximate surface area is 116 Å². The second-order valence-electron chi connectivity index (χ2n) is 4.68. The molecule has 0 aromatic heterocycles. The van der Waals surface area contributed by atoms with Crippen LogP contribution in [0.5, 0.6) is 0 Å². The van der Waals surface area contributed by atoms with Crippen molar-refractivity contribution in [1.29, 1.82) is 0 Å². The Hall–Kier alpha value is -1.92. The van der Waals surface area contributed by atoms with Crippen molar-refractivity contribution in [2.24, 2.45) is 23.7 Å². The summed E-state index contributed by atoms with van der Waals surface area (Å²) in [6.45, 7) is 1.31. The Balaban J connectivity index is 3.23. The van der Waals surface area contributed by atoms with Crippen molar-refractivity contribution in [1.82, 2.24) is 0 Å². The number of Topliss-reactive ketones (excluding diaryl/α,β-unsaturated/α-hetero) is 1. The first-order chi connectivity index (χ1) is 9.38. The second kappa shape index (κ2) is 6.49. The van der Waals surface area contributed by atoms with Crippen LogP contribution in [0, 0.1) is 23.7 Å². The lowest BCUT2D eigenvalue weighted by Crippen LogP contribution is -2.37. The van der Waals surface area contributed by atoms with E-state index in [1.165, 1.54) is 21.1 Å². The number of methoxy groups -OCH3 is 3. The SMILES string of the molecule is COC(=O)[C@@H]1[C@H](C(=O)OC)[C@@H](C(=O)OC)C[C@@H]1C(C)=O. The lowest BCUT2D eigenvalue weighted by atomic mass is 9.85. The molecule has 0 saturated heterocycles. The third-order valence-electron chi connectivity index (χ3n) is 3.73. The molecule has 7 nitrogen and oxygen atoms in total. The van der Waals surface area contributed by atoms with Gasteiger partial charge >= 0.3 is 17.9 Å². The molecule has 1 aliphatic carbocycles. The van der Waals surface area contributed by atoms with Crippen molar-refractivity contribution in [2.45, 2.75) is 13.3 Å². The normalized spacial score (nSPS) is 28.6. The van der Waals surface area contributed by atoms with Crippen molar-refractivity contribution < 1.29 is 33.4 Å². The van der Waals surface area contributed by atoms with Gasteiger partial charge in [0.2, 0.25) is 0 Å². The van der Waals surface area contributed by atoms with E-state index in [-0.39, 0.29) is 12.2 Å². The first-order valence-corrected chi connectivity index (χ1v) is 6.12. The van der Waals surface area contributed by atoms with Crippen molar-refractivity contribution in [3.8, 4) is 0 Å². The summed E-state index contributed by atoms with van der Waals surface area (Å²) in [5, 5.41) is 0. The Kier molecular flexibility index (Phi) is 5.24. The van der Waals surface area contributed by atoms with Gasteiger partial charge in [0.15, 0.2) is 0 Å². The monoisotopic (exact) mass is 286 g/mol. The highest BCUT2D eigenvalue weighted by Crippen LogP contribution is 2.44. The summed E-state index contributed by atoms with van der Waals surface area (Å²) in [6, 6.07) is 0. The lowest BCUT2D eigenvalue weighted by Gasteiger charge is -2.21. The summed E-state index contributed by atoms with van der Waals surface area (Å²) in [5.74, 6) is -6.06. The van der Waals surface area contributed by atoms with Crippen molar-refractivity contribution in [3.63, 3.8) is 0 Å². The molecule has 112 valence electrons. The highest BCUT2D eigenvalue weighted by molar-refractivity contribution is 5.93. The molecule has 0 amide bonds. The van der Waals surface area contributed by atoms with Crippen LogP contribution in [0.25, 0.3) is 0 Å². The van der Waals surface area contributed by atoms with Crippen LogP contribution in [-0.4, -0.2) is 45.0 Å². The molecule has 7 heteroatoms. The number of ether oxygens (including phenoxy) is 3. The van der Waals surface area contributed by atoms with Gasteiger partial charge in [-0.05, 0) is 13.3 Å². The average molecular weight is 286 g/mol. The molecule has 0 unspecified atom stereocenters. The van der Waals surface area contributed by atoms with Crippen LogP contribution in [0.3, 0.4) is 0 Å². The summed E-state index contributed by atoms with van der Waals surface area (Å²) >= 11 is 0. The molecule has 0 spiro atoms. The van der Waals surface area contributed by atoms with Crippen molar-refractivity contribution in [3.05, 3.63) is 0 Å². The van der Waals surface area contributed by atoms with E-state index in [2.05, 4.69) is 14.2 Å². The number of rotatable bonds is 4. The molecule has 1 saturated carbocycles. The summed E-state index contributed by atoms with van der Waals surface area (Å²) in [4.78, 5) is 47.2. The van der Waals surface area contributed by atoms with Crippen LogP contribution in [0.1, 0.15) is 13.3 Å². The standard InChI is InChI=1S/C13H18O7/c1-6(14)7-5-8(11(15)18-2)10(13(17)20-4)9(7)12(16)19-3/h7-10H,5H2,1-4H3/t7-,8+,9+,10-/m1/s1. The minimum Gasteiger partial charge on any atom is -0.469 e. The molecule has 0 aliphatic heterocycles. The van der Waals surface area contributed by atoms with Gasteiger partial charge in [-0.1, -0.05) is 0 Å². The number of hydrogen-bond acceptors (Lipinski definition) is 7. The summed E-state index contributed by atoms with van der Waals surface area (Å²) in [6.07, 6.45) is 0.0710. The van der Waals surface area contributed by atoms with Crippen LogP contribution in [0.2, 0.25) is 0 Å². The molecule has 1 aliphatic rings. The fraction of sp³-hybridized carbons (Fsp3) is 0.692. The Morgan fingerprint density at radius 2 is 1.15 bits per heavy atom. The van der Waals surface area contributed by atoms with E-state index in [0.29, 0.717) is 0 Å². The molecule has 1 rings (SSSR count). The van der Waals surface area contributed by atoms with Gasteiger partial charge in [0, 0.05) is 5.92 Å². The average Bonchev–Trinajstić information content (AvgIpc) is 2.85. The predicted molar refractivity (Wildman–Crippen MR) is 65.3 cm³/mol. The minimum atomic E-state index is -1.06. The van der Waals surface area contributed by atoms with Crippen LogP contribution >= 0.6 is 0 Å². The molecule has 0 aromatic carbocycles. The first kappa shape index (κ1) is 16.1. The second-order valence-corrected chi connectivity index (χ2v) is 4.68. The Morgan fingerprint density at radius 1 is 0.750 bits per heavy atom. The highest BCUT2D eigenvalue weighted by atomic mass is 16.5. The van der Waals surface area contributed by atoms with Gasteiger partial charge in [-0.25, -0.2) is 0 Å². The number of carbonyl (C=O) groups excluding carboxylic acids is 4. The molecule has 0 heterocycles. The maximum atomic E-state index is 11.9. The van der Waals surface area contributed by atoms with Crippen LogP contribution < -0.4 is 0 Å². The van der Waals surface area contributed by atoms with Crippen LogP contribution in [0.15, 0.2) is 0 Å². The van der Waals surface area contributed by atoms with Gasteiger partial charge in [-0.2, -0.15) is 0 Å². The van der Waals surface area contributed by atoms with Crippen molar-refractivity contribution in [2.75, 3.05) is 21.3 Å². The molecule has 20 heavy (non-hydrogen) atoms. The largest absolute Gasteiger partial charge is 0.469 e. The molecule has 0 radical (unpaired) electrons. The van der Waals surface area contributed by atoms with Gasteiger partial charge < -0.3 is 14.2 Å². The lowest BCUT2D eigenvalue weighted by molar-refractivity contribution is -0.163. The van der Waals surface area contributed by atoms with Gasteiger partial charge in [0.05, 0.1) is 39.1 Å². The summed E-state index contributed by atoms with van der Waals surface area (Å²) in [5.41, 5.74) is 0. The maximum absolute atomic E-state index is 11.9. The van der Waals surface area contributed by atoms with E-state index >= 15 is 0 Å². The fourth-order valence-electron chi connectivity index (χ4n) is 2.77.